The van der Waals surface area contributed by atoms with Gasteiger partial charge in [0.25, 0.3) is 0 Å². The Morgan fingerprint density at radius 3 is 1.83 bits per heavy atom. The zero-order valence-electron chi connectivity index (χ0n) is 16.6. The van der Waals surface area contributed by atoms with Gasteiger partial charge >= 0.3 is 0 Å². The van der Waals surface area contributed by atoms with Crippen LogP contribution in [-0.2, 0) is 14.6 Å². The molecule has 0 saturated carbocycles. The normalized spacial score (nSPS) is 23.5. The van der Waals surface area contributed by atoms with Gasteiger partial charge in [-0.3, -0.25) is 4.79 Å². The lowest BCUT2D eigenvalue weighted by Gasteiger charge is -2.43. The van der Waals surface area contributed by atoms with Crippen molar-refractivity contribution >= 4 is 5.78 Å². The highest BCUT2D eigenvalue weighted by molar-refractivity contribution is 5.88. The second-order valence-corrected chi connectivity index (χ2v) is 8.12. The lowest BCUT2D eigenvalue weighted by Crippen LogP contribution is -2.59. The fraction of sp³-hybridized carbons (Fsp3) is 0.952. The summed E-state index contributed by atoms with van der Waals surface area (Å²) in [4.78, 5) is 22.7. The van der Waals surface area contributed by atoms with E-state index in [1.165, 1.54) is 64.2 Å². The van der Waals surface area contributed by atoms with E-state index in [1.54, 1.807) is 0 Å². The third kappa shape index (κ3) is 7.65. The highest BCUT2D eigenvalue weighted by Gasteiger charge is 2.52. The average Bonchev–Trinajstić information content (AvgIpc) is 2.53. The first-order valence-electron chi connectivity index (χ1n) is 10.4. The zero-order chi connectivity index (χ0) is 17.8. The number of Topliss-reactive ketones (excluding diaryl/α,β-unsaturated/α-hetero) is 1. The molecule has 0 aliphatic carbocycles. The molecule has 1 fully saturated rings. The summed E-state index contributed by atoms with van der Waals surface area (Å²) in [6, 6.07) is 0. The molecule has 0 aromatic rings. The number of rotatable bonds is 15. The molecule has 0 aromatic heterocycles. The monoisotopic (exact) mass is 340 g/mol. The highest BCUT2D eigenvalue weighted by atomic mass is 17.3. The Bertz CT molecular complexity index is 340. The standard InChI is InChI=1S/C21H40O3/c1-5-6-7-8-9-10-11-12-13-14-15-16-20-21(4,24-23-20)19(22)17-18(2)3/h18,20H,5-17H2,1-4H3. The van der Waals surface area contributed by atoms with Crippen molar-refractivity contribution in [3.8, 4) is 0 Å². The van der Waals surface area contributed by atoms with Crippen LogP contribution in [0.4, 0.5) is 0 Å². The Morgan fingerprint density at radius 2 is 1.42 bits per heavy atom. The van der Waals surface area contributed by atoms with E-state index in [-0.39, 0.29) is 11.9 Å². The van der Waals surface area contributed by atoms with Crippen molar-refractivity contribution in [2.24, 2.45) is 5.92 Å². The predicted octanol–water partition coefficient (Wildman–Crippen LogP) is 6.39. The smallest absolute Gasteiger partial charge is 0.187 e. The van der Waals surface area contributed by atoms with Crippen molar-refractivity contribution in [1.29, 1.82) is 0 Å². The van der Waals surface area contributed by atoms with Gasteiger partial charge in [-0.25, -0.2) is 9.78 Å². The first-order valence-corrected chi connectivity index (χ1v) is 10.4. The Hall–Kier alpha value is -0.410. The highest BCUT2D eigenvalue weighted by Crippen LogP contribution is 2.36. The van der Waals surface area contributed by atoms with Gasteiger partial charge in [0.1, 0.15) is 6.10 Å². The number of ketones is 1. The van der Waals surface area contributed by atoms with Crippen LogP contribution < -0.4 is 0 Å². The van der Waals surface area contributed by atoms with Gasteiger partial charge in [0.15, 0.2) is 11.4 Å². The molecule has 0 spiro atoms. The van der Waals surface area contributed by atoms with Crippen molar-refractivity contribution in [1.82, 2.24) is 0 Å². The molecule has 0 radical (unpaired) electrons. The molecular formula is C21H40O3. The van der Waals surface area contributed by atoms with Gasteiger partial charge < -0.3 is 0 Å². The molecule has 1 heterocycles. The molecule has 3 nitrogen and oxygen atoms in total. The topological polar surface area (TPSA) is 35.5 Å². The summed E-state index contributed by atoms with van der Waals surface area (Å²) < 4.78 is 0. The van der Waals surface area contributed by atoms with Crippen molar-refractivity contribution in [3.63, 3.8) is 0 Å². The Kier molecular flexibility index (Phi) is 10.8. The van der Waals surface area contributed by atoms with Crippen LogP contribution in [0.1, 0.15) is 111 Å². The summed E-state index contributed by atoms with van der Waals surface area (Å²) in [5, 5.41) is 0. The SMILES string of the molecule is CCCCCCCCCCCCCC1OOC1(C)C(=O)CC(C)C. The van der Waals surface area contributed by atoms with Crippen LogP contribution in [0.25, 0.3) is 0 Å². The van der Waals surface area contributed by atoms with Crippen molar-refractivity contribution in [2.45, 2.75) is 123 Å². The third-order valence-corrected chi connectivity index (χ3v) is 5.17. The fourth-order valence-electron chi connectivity index (χ4n) is 3.38. The molecule has 1 rings (SSSR count). The molecule has 0 bridgehead atoms. The van der Waals surface area contributed by atoms with Crippen LogP contribution in [0.15, 0.2) is 0 Å². The van der Waals surface area contributed by atoms with E-state index in [0.29, 0.717) is 12.3 Å². The quantitative estimate of drug-likeness (QED) is 0.256. The molecule has 24 heavy (non-hydrogen) atoms. The summed E-state index contributed by atoms with van der Waals surface area (Å²) in [6.07, 6.45) is 16.2. The molecule has 0 aromatic carbocycles. The molecule has 142 valence electrons. The Morgan fingerprint density at radius 1 is 0.917 bits per heavy atom. The zero-order valence-corrected chi connectivity index (χ0v) is 16.6. The van der Waals surface area contributed by atoms with E-state index >= 15 is 0 Å². The maximum Gasteiger partial charge on any atom is 0.187 e. The number of hydrogen-bond donors (Lipinski definition) is 0. The summed E-state index contributed by atoms with van der Waals surface area (Å²) in [7, 11) is 0. The van der Waals surface area contributed by atoms with E-state index < -0.39 is 5.60 Å². The van der Waals surface area contributed by atoms with Crippen LogP contribution in [0.5, 0.6) is 0 Å². The summed E-state index contributed by atoms with van der Waals surface area (Å²) >= 11 is 0. The molecular weight excluding hydrogens is 300 g/mol. The minimum absolute atomic E-state index is 0.0395. The molecule has 0 N–H and O–H groups in total. The van der Waals surface area contributed by atoms with Gasteiger partial charge in [-0.1, -0.05) is 91.4 Å². The lowest BCUT2D eigenvalue weighted by atomic mass is 9.85. The van der Waals surface area contributed by atoms with Crippen LogP contribution in [0.2, 0.25) is 0 Å². The molecule has 0 amide bonds. The Labute approximate surface area is 149 Å². The lowest BCUT2D eigenvalue weighted by molar-refractivity contribution is -0.489. The second-order valence-electron chi connectivity index (χ2n) is 8.12. The number of carbonyl (C=O) groups is 1. The van der Waals surface area contributed by atoms with Crippen LogP contribution in [0, 0.1) is 5.92 Å². The van der Waals surface area contributed by atoms with E-state index in [9.17, 15) is 4.79 Å². The van der Waals surface area contributed by atoms with E-state index in [1.807, 2.05) is 6.92 Å². The van der Waals surface area contributed by atoms with E-state index in [2.05, 4.69) is 20.8 Å². The van der Waals surface area contributed by atoms with Crippen LogP contribution in [0.3, 0.4) is 0 Å². The predicted molar refractivity (Wildman–Crippen MR) is 99.9 cm³/mol. The van der Waals surface area contributed by atoms with Gasteiger partial charge in [-0.2, -0.15) is 0 Å². The molecule has 3 heteroatoms. The summed E-state index contributed by atoms with van der Waals surface area (Å²) in [5.41, 5.74) is -0.692. The number of hydrogen-bond acceptors (Lipinski definition) is 3. The minimum Gasteiger partial charge on any atom is -0.296 e. The molecule has 1 aliphatic rings. The van der Waals surface area contributed by atoms with E-state index in [0.717, 1.165) is 12.8 Å². The van der Waals surface area contributed by atoms with E-state index in [4.69, 9.17) is 9.78 Å². The van der Waals surface area contributed by atoms with Crippen LogP contribution >= 0.6 is 0 Å². The van der Waals surface area contributed by atoms with Gasteiger partial charge in [-0.15, -0.1) is 0 Å². The van der Waals surface area contributed by atoms with Crippen molar-refractivity contribution < 1.29 is 14.6 Å². The maximum absolute atomic E-state index is 12.3. The molecule has 1 aliphatic heterocycles. The van der Waals surface area contributed by atoms with Crippen molar-refractivity contribution in [3.05, 3.63) is 0 Å². The minimum atomic E-state index is -0.692. The Balaban J connectivity index is 1.99. The maximum atomic E-state index is 12.3. The summed E-state index contributed by atoms with van der Waals surface area (Å²) in [6.45, 7) is 8.30. The third-order valence-electron chi connectivity index (χ3n) is 5.17. The largest absolute Gasteiger partial charge is 0.296 e. The number of unbranched alkanes of at least 4 members (excludes halogenated alkanes) is 10. The van der Waals surface area contributed by atoms with Crippen LogP contribution in [-0.4, -0.2) is 17.5 Å². The molecule has 2 unspecified atom stereocenters. The molecule has 2 atom stereocenters. The van der Waals surface area contributed by atoms with Crippen molar-refractivity contribution in [2.75, 3.05) is 0 Å². The second kappa shape index (κ2) is 12.0. The molecule has 1 saturated heterocycles. The average molecular weight is 341 g/mol. The summed E-state index contributed by atoms with van der Waals surface area (Å²) in [5.74, 6) is 0.568. The fourth-order valence-corrected chi connectivity index (χ4v) is 3.38. The number of carbonyl (C=O) groups excluding carboxylic acids is 1. The first kappa shape index (κ1) is 21.6. The van der Waals surface area contributed by atoms with Gasteiger partial charge in [0.05, 0.1) is 0 Å². The van der Waals surface area contributed by atoms with Gasteiger partial charge in [0.2, 0.25) is 0 Å². The first-order chi connectivity index (χ1) is 11.5. The van der Waals surface area contributed by atoms with Gasteiger partial charge in [0, 0.05) is 6.42 Å². The van der Waals surface area contributed by atoms with Gasteiger partial charge in [-0.05, 0) is 19.3 Å².